The van der Waals surface area contributed by atoms with Gasteiger partial charge in [-0.3, -0.25) is 4.68 Å². The number of nitrogens with zero attached hydrogens (tertiary/aromatic N) is 5. The van der Waals surface area contributed by atoms with E-state index in [1.165, 1.54) is 40.2 Å². The predicted octanol–water partition coefficient (Wildman–Crippen LogP) is 4.95. The normalized spacial score (nSPS) is 14.0. The second kappa shape index (κ2) is 9.66. The molecule has 0 saturated carbocycles. The van der Waals surface area contributed by atoms with E-state index in [4.69, 9.17) is 0 Å². The van der Waals surface area contributed by atoms with Crippen molar-refractivity contribution in [2.45, 2.75) is 31.7 Å². The summed E-state index contributed by atoms with van der Waals surface area (Å²) in [5.41, 5.74) is -0.390. The van der Waals surface area contributed by atoms with Crippen molar-refractivity contribution >= 4 is 16.6 Å². The molecular weight excluding hydrogens is 488 g/mol. The minimum absolute atomic E-state index is 0.111. The fraction of sp³-hybridized carbons (Fsp3) is 0.192. The van der Waals surface area contributed by atoms with Crippen molar-refractivity contribution in [2.75, 3.05) is 5.32 Å². The summed E-state index contributed by atoms with van der Waals surface area (Å²) in [4.78, 5) is 3.88. The van der Waals surface area contributed by atoms with Crippen molar-refractivity contribution in [1.82, 2.24) is 24.5 Å². The number of benzene rings is 3. The second-order valence-electron chi connectivity index (χ2n) is 8.79. The lowest BCUT2D eigenvalue weighted by Crippen LogP contribution is -2.40. The molecule has 0 saturated heterocycles. The van der Waals surface area contributed by atoms with Crippen LogP contribution in [0.25, 0.3) is 10.9 Å². The van der Waals surface area contributed by atoms with Crippen LogP contribution in [0.3, 0.4) is 0 Å². The van der Waals surface area contributed by atoms with Crippen molar-refractivity contribution in [2.24, 2.45) is 0 Å². The first-order chi connectivity index (χ1) is 17.7. The largest absolute Gasteiger partial charge is 0.381 e. The van der Waals surface area contributed by atoms with Crippen molar-refractivity contribution in [1.29, 1.82) is 0 Å². The molecule has 7 nitrogen and oxygen atoms in total. The zero-order chi connectivity index (χ0) is 26.2. The Morgan fingerprint density at radius 1 is 0.973 bits per heavy atom. The molecule has 0 bridgehead atoms. The zero-order valence-electron chi connectivity index (χ0n) is 19.6. The number of aromatic nitrogens is 5. The first-order valence-corrected chi connectivity index (χ1v) is 11.4. The van der Waals surface area contributed by atoms with Gasteiger partial charge in [-0.15, -0.1) is 0 Å². The molecule has 190 valence electrons. The van der Waals surface area contributed by atoms with E-state index in [0.29, 0.717) is 22.2 Å². The van der Waals surface area contributed by atoms with Crippen LogP contribution in [0.5, 0.6) is 0 Å². The van der Waals surface area contributed by atoms with Gasteiger partial charge in [0.15, 0.2) is 0 Å². The maximum Gasteiger partial charge on any atom is 0.137 e. The number of hydrogen-bond donors (Lipinski definition) is 2. The summed E-state index contributed by atoms with van der Waals surface area (Å²) in [7, 11) is 0. The van der Waals surface area contributed by atoms with E-state index >= 15 is 0 Å². The number of halogens is 4. The highest BCUT2D eigenvalue weighted by Crippen LogP contribution is 2.37. The number of aliphatic hydroxyl groups is 1. The third-order valence-corrected chi connectivity index (χ3v) is 6.38. The highest BCUT2D eigenvalue weighted by atomic mass is 19.1. The number of fused-ring (bicyclic) bond motifs is 1. The number of rotatable bonds is 8. The Balaban J connectivity index is 1.45. The van der Waals surface area contributed by atoms with Crippen molar-refractivity contribution < 1.29 is 22.7 Å². The van der Waals surface area contributed by atoms with Gasteiger partial charge in [0.1, 0.15) is 41.5 Å². The van der Waals surface area contributed by atoms with Crippen molar-refractivity contribution in [3.63, 3.8) is 0 Å². The Kier molecular flexibility index (Phi) is 6.38. The lowest BCUT2D eigenvalue weighted by Gasteiger charge is -2.34. The Bertz CT molecular complexity index is 1550. The molecule has 5 rings (SSSR count). The third kappa shape index (κ3) is 4.90. The van der Waals surface area contributed by atoms with Crippen molar-refractivity contribution in [3.05, 3.63) is 108 Å². The van der Waals surface area contributed by atoms with E-state index in [1.807, 2.05) is 0 Å². The summed E-state index contributed by atoms with van der Waals surface area (Å²) in [5.74, 6) is -2.95. The molecular formula is C26H22F4N6O. The van der Waals surface area contributed by atoms with Crippen molar-refractivity contribution in [3.8, 4) is 0 Å². The predicted molar refractivity (Wildman–Crippen MR) is 128 cm³/mol. The van der Waals surface area contributed by atoms with E-state index in [9.17, 15) is 22.7 Å². The van der Waals surface area contributed by atoms with Gasteiger partial charge in [0.2, 0.25) is 0 Å². The molecule has 5 aromatic rings. The molecule has 3 aromatic carbocycles. The molecule has 37 heavy (non-hydrogen) atoms. The summed E-state index contributed by atoms with van der Waals surface area (Å²) in [6, 6.07) is 10.9. The van der Waals surface area contributed by atoms with E-state index in [1.54, 1.807) is 31.3 Å². The van der Waals surface area contributed by atoms with Crippen LogP contribution in [-0.2, 0) is 18.7 Å². The lowest BCUT2D eigenvalue weighted by molar-refractivity contribution is -0.0366. The molecule has 2 heterocycles. The molecule has 0 amide bonds. The lowest BCUT2D eigenvalue weighted by atomic mass is 9.86. The summed E-state index contributed by atoms with van der Waals surface area (Å²) < 4.78 is 58.5. The Morgan fingerprint density at radius 2 is 1.73 bits per heavy atom. The minimum atomic E-state index is -1.87. The van der Waals surface area contributed by atoms with Crippen LogP contribution < -0.4 is 5.32 Å². The molecule has 2 aromatic heterocycles. The van der Waals surface area contributed by atoms with Gasteiger partial charge in [0.05, 0.1) is 18.1 Å². The molecule has 0 spiro atoms. The van der Waals surface area contributed by atoms with Crippen LogP contribution in [0.1, 0.15) is 24.1 Å². The average molecular weight is 510 g/mol. The maximum absolute atomic E-state index is 14.9. The maximum atomic E-state index is 14.9. The van der Waals surface area contributed by atoms with Crippen LogP contribution in [-0.4, -0.2) is 29.7 Å². The zero-order valence-corrected chi connectivity index (χ0v) is 19.6. The van der Waals surface area contributed by atoms with Gasteiger partial charge in [-0.2, -0.15) is 10.2 Å². The topological polar surface area (TPSA) is 80.8 Å². The van der Waals surface area contributed by atoms with Gasteiger partial charge < -0.3 is 10.4 Å². The summed E-state index contributed by atoms with van der Waals surface area (Å²) in [6.07, 6.45) is 4.37. The van der Waals surface area contributed by atoms with Gasteiger partial charge in [-0.25, -0.2) is 27.2 Å². The van der Waals surface area contributed by atoms with E-state index < -0.39 is 34.9 Å². The molecule has 0 unspecified atom stereocenters. The van der Waals surface area contributed by atoms with E-state index in [0.717, 1.165) is 18.2 Å². The smallest absolute Gasteiger partial charge is 0.137 e. The van der Waals surface area contributed by atoms with Gasteiger partial charge >= 0.3 is 0 Å². The molecule has 2 atom stereocenters. The first kappa shape index (κ1) is 24.4. The quantitative estimate of drug-likeness (QED) is 0.289. The molecule has 0 aliphatic rings. The Labute approximate surface area is 209 Å². The van der Waals surface area contributed by atoms with E-state index in [2.05, 4.69) is 20.5 Å². The van der Waals surface area contributed by atoms with E-state index in [-0.39, 0.29) is 18.7 Å². The number of nitrogens with one attached hydrogen (secondary N) is 1. The van der Waals surface area contributed by atoms with Gasteiger partial charge in [-0.05, 0) is 37.3 Å². The molecule has 0 aliphatic carbocycles. The first-order valence-electron chi connectivity index (χ1n) is 11.4. The number of hydrogen-bond acceptors (Lipinski definition) is 5. The third-order valence-electron chi connectivity index (χ3n) is 6.38. The summed E-state index contributed by atoms with van der Waals surface area (Å²) >= 11 is 0. The molecule has 2 N–H and O–H groups in total. The van der Waals surface area contributed by atoms with Crippen LogP contribution in [0, 0.1) is 23.3 Å². The molecule has 0 radical (unpaired) electrons. The fourth-order valence-electron chi connectivity index (χ4n) is 4.28. The highest BCUT2D eigenvalue weighted by Gasteiger charge is 2.40. The second-order valence-corrected chi connectivity index (χ2v) is 8.79. The van der Waals surface area contributed by atoms with Gasteiger partial charge in [0, 0.05) is 47.1 Å². The Morgan fingerprint density at radius 3 is 2.43 bits per heavy atom. The molecule has 11 heteroatoms. The van der Waals surface area contributed by atoms with Crippen LogP contribution in [0.2, 0.25) is 0 Å². The standard InChI is InChI=1S/C26H22F4N6O/c1-16(26(37,13-35-15-31-14-33-35)22-6-4-20(28)10-24(22)30)36-12-18-8-21(5-7-25(18)34-36)32-11-17-2-3-19(27)9-23(17)29/h2-10,12,14-16,32,37H,11,13H2,1H3/t16-,26-/m1/s1. The van der Waals surface area contributed by atoms with Crippen LogP contribution in [0.4, 0.5) is 23.2 Å². The summed E-state index contributed by atoms with van der Waals surface area (Å²) in [5, 5.41) is 24.2. The number of anilines is 1. The Hall–Kier alpha value is -4.25. The highest BCUT2D eigenvalue weighted by molar-refractivity contribution is 5.82. The molecule has 0 fully saturated rings. The summed E-state index contributed by atoms with van der Waals surface area (Å²) in [6.45, 7) is 1.65. The van der Waals surface area contributed by atoms with Crippen LogP contribution >= 0.6 is 0 Å². The average Bonchev–Trinajstić information content (AvgIpc) is 3.52. The SMILES string of the molecule is C[C@@H](n1cc2cc(NCc3ccc(F)cc3F)ccc2n1)[C@](O)(Cn1cncn1)c1ccc(F)cc1F. The monoisotopic (exact) mass is 510 g/mol. The van der Waals surface area contributed by atoms with Crippen LogP contribution in [0.15, 0.2) is 73.4 Å². The van der Waals surface area contributed by atoms with Gasteiger partial charge in [-0.1, -0.05) is 12.1 Å². The minimum Gasteiger partial charge on any atom is -0.381 e. The fourth-order valence-corrected chi connectivity index (χ4v) is 4.28. The van der Waals surface area contributed by atoms with Gasteiger partial charge in [0.25, 0.3) is 0 Å². The molecule has 0 aliphatic heterocycles.